The van der Waals surface area contributed by atoms with Crippen molar-refractivity contribution in [3.63, 3.8) is 0 Å². The first kappa shape index (κ1) is 12.9. The molecule has 0 unspecified atom stereocenters. The third-order valence-electron chi connectivity index (χ3n) is 2.01. The molecule has 1 rings (SSSR count). The normalized spacial score (nSPS) is 10.1. The fraction of sp³-hybridized carbons (Fsp3) is 0.455. The second-order valence-electron chi connectivity index (χ2n) is 3.30. The summed E-state index contributed by atoms with van der Waals surface area (Å²) in [5.74, 6) is 2.42. The number of terminal acetylenes is 1. The molecule has 1 aromatic rings. The summed E-state index contributed by atoms with van der Waals surface area (Å²) in [6.07, 6.45) is 7.67. The van der Waals surface area contributed by atoms with Crippen LogP contribution in [-0.4, -0.2) is 28.7 Å². The predicted molar refractivity (Wildman–Crippen MR) is 66.3 cm³/mol. The van der Waals surface area contributed by atoms with E-state index in [1.54, 1.807) is 10.9 Å². The Morgan fingerprint density at radius 3 is 3.12 bits per heavy atom. The van der Waals surface area contributed by atoms with E-state index in [1.165, 1.54) is 0 Å². The van der Waals surface area contributed by atoms with Gasteiger partial charge in [0, 0.05) is 6.54 Å². The Labute approximate surface area is 104 Å². The minimum Gasteiger partial charge on any atom is -0.299 e. The van der Waals surface area contributed by atoms with E-state index in [1.807, 2.05) is 6.92 Å². The lowest BCUT2D eigenvalue weighted by molar-refractivity contribution is 0.0981. The van der Waals surface area contributed by atoms with Crippen LogP contribution in [0, 0.1) is 12.3 Å². The molecule has 0 aliphatic rings. The molecule has 1 aromatic heterocycles. The van der Waals surface area contributed by atoms with E-state index in [2.05, 4.69) is 32.3 Å². The van der Waals surface area contributed by atoms with E-state index < -0.39 is 0 Å². The third-order valence-corrected chi connectivity index (χ3v) is 2.59. The van der Waals surface area contributed by atoms with Crippen molar-refractivity contribution >= 4 is 21.7 Å². The van der Waals surface area contributed by atoms with Crippen LogP contribution < -0.4 is 5.32 Å². The number of Topliss-reactive ketones (excluding diaryl/α,β-unsaturated/α-hetero) is 1. The van der Waals surface area contributed by atoms with Crippen LogP contribution in [0.1, 0.15) is 23.8 Å². The van der Waals surface area contributed by atoms with Gasteiger partial charge < -0.3 is 0 Å². The first-order valence-electron chi connectivity index (χ1n) is 5.09. The molecule has 0 radical (unpaired) electrons. The average molecular weight is 284 g/mol. The highest BCUT2D eigenvalue weighted by molar-refractivity contribution is 9.10. The molecule has 1 N–H and O–H groups in total. The Morgan fingerprint density at radius 2 is 2.50 bits per heavy atom. The summed E-state index contributed by atoms with van der Waals surface area (Å²) in [7, 11) is 0. The second-order valence-corrected chi connectivity index (χ2v) is 4.15. The molecule has 16 heavy (non-hydrogen) atoms. The van der Waals surface area contributed by atoms with Crippen molar-refractivity contribution in [3.05, 3.63) is 16.4 Å². The summed E-state index contributed by atoms with van der Waals surface area (Å²) in [5.41, 5.74) is 0.603. The highest BCUT2D eigenvalue weighted by Crippen LogP contribution is 2.16. The van der Waals surface area contributed by atoms with Gasteiger partial charge in [-0.1, -0.05) is 12.8 Å². The molecule has 0 spiro atoms. The summed E-state index contributed by atoms with van der Waals surface area (Å²) in [6, 6.07) is 0. The zero-order chi connectivity index (χ0) is 12.0. The topological polar surface area (TPSA) is 46.9 Å². The Kier molecular flexibility index (Phi) is 5.23. The molecule has 0 aliphatic carbocycles. The van der Waals surface area contributed by atoms with Crippen LogP contribution in [0.5, 0.6) is 0 Å². The molecule has 0 aliphatic heterocycles. The summed E-state index contributed by atoms with van der Waals surface area (Å²) in [4.78, 5) is 11.9. The number of carbonyl (C=O) groups is 1. The monoisotopic (exact) mass is 283 g/mol. The predicted octanol–water partition coefficient (Wildman–Crippen LogP) is 1.46. The van der Waals surface area contributed by atoms with Crippen LogP contribution in [0.4, 0.5) is 0 Å². The first-order valence-corrected chi connectivity index (χ1v) is 5.88. The number of ketones is 1. The summed E-state index contributed by atoms with van der Waals surface area (Å²) >= 11 is 3.32. The van der Waals surface area contributed by atoms with E-state index in [4.69, 9.17) is 6.42 Å². The Balaban J connectivity index is 2.73. The third kappa shape index (κ3) is 3.19. The molecule has 0 bridgehead atoms. The largest absolute Gasteiger partial charge is 0.299 e. The molecule has 86 valence electrons. The van der Waals surface area contributed by atoms with Gasteiger partial charge in [-0.25, -0.2) is 0 Å². The molecule has 5 heteroatoms. The van der Waals surface area contributed by atoms with Gasteiger partial charge in [0.15, 0.2) is 5.78 Å². The number of hydrogen-bond acceptors (Lipinski definition) is 3. The van der Waals surface area contributed by atoms with Gasteiger partial charge >= 0.3 is 0 Å². The van der Waals surface area contributed by atoms with Gasteiger partial charge in [-0.3, -0.25) is 14.8 Å². The lowest BCUT2D eigenvalue weighted by Crippen LogP contribution is -2.25. The highest BCUT2D eigenvalue weighted by Gasteiger charge is 2.15. The van der Waals surface area contributed by atoms with Crippen LogP contribution in [-0.2, 0) is 6.54 Å². The van der Waals surface area contributed by atoms with Crippen molar-refractivity contribution < 1.29 is 4.79 Å². The van der Waals surface area contributed by atoms with E-state index >= 15 is 0 Å². The Hall–Kier alpha value is -1.12. The molecule has 0 saturated carbocycles. The lowest BCUT2D eigenvalue weighted by atomic mass is 10.2. The van der Waals surface area contributed by atoms with Crippen LogP contribution in [0.3, 0.4) is 0 Å². The van der Waals surface area contributed by atoms with Crippen LogP contribution >= 0.6 is 15.9 Å². The lowest BCUT2D eigenvalue weighted by Gasteiger charge is -2.05. The van der Waals surface area contributed by atoms with Crippen LogP contribution in [0.2, 0.25) is 0 Å². The molecule has 0 fully saturated rings. The van der Waals surface area contributed by atoms with E-state index in [-0.39, 0.29) is 12.3 Å². The maximum Gasteiger partial charge on any atom is 0.195 e. The Morgan fingerprint density at radius 1 is 1.75 bits per heavy atom. The molecular formula is C11H14BrN3O. The number of nitrogens with zero attached hydrogens (tertiary/aromatic N) is 2. The Bertz CT molecular complexity index is 406. The quantitative estimate of drug-likeness (QED) is 0.489. The number of halogens is 1. The van der Waals surface area contributed by atoms with Crippen molar-refractivity contribution in [2.24, 2.45) is 0 Å². The van der Waals surface area contributed by atoms with Gasteiger partial charge in [0.05, 0.1) is 23.8 Å². The minimum absolute atomic E-state index is 0.00641. The van der Waals surface area contributed by atoms with Gasteiger partial charge in [-0.2, -0.15) is 5.10 Å². The maximum absolute atomic E-state index is 11.9. The van der Waals surface area contributed by atoms with Gasteiger partial charge in [0.1, 0.15) is 5.69 Å². The van der Waals surface area contributed by atoms with Gasteiger partial charge in [0.25, 0.3) is 0 Å². The number of aromatic nitrogens is 2. The summed E-state index contributed by atoms with van der Waals surface area (Å²) < 4.78 is 2.44. The molecule has 0 atom stereocenters. The second kappa shape index (κ2) is 6.46. The zero-order valence-electron chi connectivity index (χ0n) is 9.16. The number of aryl methyl sites for hydroxylation is 1. The average Bonchev–Trinajstić information content (AvgIpc) is 2.61. The van der Waals surface area contributed by atoms with Crippen molar-refractivity contribution in [3.8, 4) is 12.3 Å². The fourth-order valence-corrected chi connectivity index (χ4v) is 1.87. The van der Waals surface area contributed by atoms with Gasteiger partial charge in [-0.05, 0) is 22.4 Å². The van der Waals surface area contributed by atoms with Crippen LogP contribution in [0.15, 0.2) is 10.7 Å². The smallest absolute Gasteiger partial charge is 0.195 e. The summed E-state index contributed by atoms with van der Waals surface area (Å²) in [6.45, 7) is 3.41. The first-order chi connectivity index (χ1) is 7.70. The van der Waals surface area contributed by atoms with E-state index in [0.717, 1.165) is 17.4 Å². The molecule has 0 aromatic carbocycles. The van der Waals surface area contributed by atoms with E-state index in [9.17, 15) is 4.79 Å². The van der Waals surface area contributed by atoms with Crippen molar-refractivity contribution in [1.29, 1.82) is 0 Å². The highest BCUT2D eigenvalue weighted by atomic mass is 79.9. The van der Waals surface area contributed by atoms with Crippen LogP contribution in [0.25, 0.3) is 0 Å². The number of hydrogen-bond donors (Lipinski definition) is 1. The summed E-state index contributed by atoms with van der Waals surface area (Å²) in [5, 5.41) is 7.01. The maximum atomic E-state index is 11.9. The molecule has 0 amide bonds. The van der Waals surface area contributed by atoms with Crippen molar-refractivity contribution in [2.75, 3.05) is 13.1 Å². The molecular weight excluding hydrogens is 270 g/mol. The standard InChI is InChI=1S/C11H14BrN3O/c1-3-5-13-8-10(16)11-9(12)7-14-15(11)6-4-2/h1,7,13H,4-6,8H2,2H3. The molecule has 0 saturated heterocycles. The van der Waals surface area contributed by atoms with Crippen molar-refractivity contribution in [2.45, 2.75) is 19.9 Å². The van der Waals surface area contributed by atoms with Gasteiger partial charge in [-0.15, -0.1) is 6.42 Å². The SMILES string of the molecule is C#CCNCC(=O)c1c(Br)cnn1CCC. The zero-order valence-corrected chi connectivity index (χ0v) is 10.7. The molecule has 1 heterocycles. The number of nitrogens with one attached hydrogen (secondary N) is 1. The van der Waals surface area contributed by atoms with Crippen molar-refractivity contribution in [1.82, 2.24) is 15.1 Å². The van der Waals surface area contributed by atoms with E-state index in [0.29, 0.717) is 12.2 Å². The van der Waals surface area contributed by atoms with Gasteiger partial charge in [0.2, 0.25) is 0 Å². The minimum atomic E-state index is -0.00641. The molecule has 4 nitrogen and oxygen atoms in total. The number of carbonyl (C=O) groups excluding carboxylic acids is 1. The fourth-order valence-electron chi connectivity index (χ4n) is 1.35. The number of rotatable bonds is 6.